The van der Waals surface area contributed by atoms with Gasteiger partial charge in [-0.3, -0.25) is 4.79 Å². The highest BCUT2D eigenvalue weighted by Crippen LogP contribution is 2.21. The predicted molar refractivity (Wildman–Crippen MR) is 69.0 cm³/mol. The van der Waals surface area contributed by atoms with Gasteiger partial charge in [-0.05, 0) is 34.1 Å². The van der Waals surface area contributed by atoms with E-state index in [9.17, 15) is 9.59 Å². The van der Waals surface area contributed by atoms with Gasteiger partial charge in [0.15, 0.2) is 0 Å². The van der Waals surface area contributed by atoms with E-state index < -0.39 is 17.7 Å². The molecule has 0 aromatic rings. The maximum Gasteiger partial charge on any atom is 0.410 e. The van der Waals surface area contributed by atoms with Crippen LogP contribution in [0.25, 0.3) is 0 Å². The van der Waals surface area contributed by atoms with Crippen molar-refractivity contribution in [2.75, 3.05) is 13.2 Å². The Bertz CT molecular complexity index is 336. The lowest BCUT2D eigenvalue weighted by Crippen LogP contribution is -2.54. The molecule has 1 saturated heterocycles. The summed E-state index contributed by atoms with van der Waals surface area (Å²) in [6.07, 6.45) is -0.202. The molecular formula is C13H23NO5. The highest BCUT2D eigenvalue weighted by atomic mass is 16.6. The third kappa shape index (κ3) is 5.06. The van der Waals surface area contributed by atoms with E-state index in [2.05, 4.69) is 0 Å². The van der Waals surface area contributed by atoms with Gasteiger partial charge in [-0.15, -0.1) is 0 Å². The van der Waals surface area contributed by atoms with Gasteiger partial charge in [-0.2, -0.15) is 0 Å². The van der Waals surface area contributed by atoms with Crippen molar-refractivity contribution in [3.63, 3.8) is 0 Å². The minimum Gasteiger partial charge on any atom is -0.481 e. The highest BCUT2D eigenvalue weighted by Gasteiger charge is 2.35. The van der Waals surface area contributed by atoms with Gasteiger partial charge < -0.3 is 19.5 Å². The Morgan fingerprint density at radius 2 is 2.05 bits per heavy atom. The van der Waals surface area contributed by atoms with Gasteiger partial charge in [0, 0.05) is 13.0 Å². The number of amides is 1. The summed E-state index contributed by atoms with van der Waals surface area (Å²) in [5.74, 6) is -0.873. The summed E-state index contributed by atoms with van der Waals surface area (Å²) in [4.78, 5) is 24.4. The van der Waals surface area contributed by atoms with E-state index in [4.69, 9.17) is 14.6 Å². The number of nitrogens with zero attached hydrogens (tertiary/aromatic N) is 1. The second-order valence-electron chi connectivity index (χ2n) is 5.75. The molecular weight excluding hydrogens is 250 g/mol. The molecule has 19 heavy (non-hydrogen) atoms. The lowest BCUT2D eigenvalue weighted by Gasteiger charge is -2.40. The lowest BCUT2D eigenvalue weighted by atomic mass is 10.0. The average molecular weight is 273 g/mol. The first kappa shape index (κ1) is 15.8. The largest absolute Gasteiger partial charge is 0.481 e. The van der Waals surface area contributed by atoms with E-state index in [1.165, 1.54) is 0 Å². The van der Waals surface area contributed by atoms with Crippen LogP contribution in [-0.4, -0.2) is 53.0 Å². The molecule has 0 unspecified atom stereocenters. The van der Waals surface area contributed by atoms with Crippen LogP contribution in [0.3, 0.4) is 0 Å². The summed E-state index contributed by atoms with van der Waals surface area (Å²) in [7, 11) is 0. The van der Waals surface area contributed by atoms with Gasteiger partial charge in [0.25, 0.3) is 0 Å². The number of carbonyl (C=O) groups is 2. The minimum absolute atomic E-state index is 0.0116. The highest BCUT2D eigenvalue weighted by molar-refractivity contribution is 5.69. The second kappa shape index (κ2) is 6.23. The quantitative estimate of drug-likeness (QED) is 0.849. The van der Waals surface area contributed by atoms with Crippen molar-refractivity contribution in [1.29, 1.82) is 0 Å². The van der Waals surface area contributed by atoms with Crippen LogP contribution < -0.4 is 0 Å². The third-order valence-electron chi connectivity index (χ3n) is 2.94. The van der Waals surface area contributed by atoms with Crippen LogP contribution >= 0.6 is 0 Å². The van der Waals surface area contributed by atoms with Crippen molar-refractivity contribution in [1.82, 2.24) is 4.90 Å². The Balaban J connectivity index is 2.70. The molecule has 6 nitrogen and oxygen atoms in total. The van der Waals surface area contributed by atoms with Crippen molar-refractivity contribution in [3.05, 3.63) is 0 Å². The molecule has 110 valence electrons. The standard InChI is InChI=1S/C13H23NO5/c1-9-10(5-6-11(15)16)14(7-8-18-9)12(17)19-13(2,3)4/h9-10H,5-8H2,1-4H3,(H,15,16)/t9-,10-/m0/s1. The van der Waals surface area contributed by atoms with Gasteiger partial charge in [0.05, 0.1) is 18.8 Å². The molecule has 0 bridgehead atoms. The van der Waals surface area contributed by atoms with Crippen LogP contribution in [0.2, 0.25) is 0 Å². The van der Waals surface area contributed by atoms with Gasteiger partial charge in [-0.1, -0.05) is 0 Å². The van der Waals surface area contributed by atoms with Crippen LogP contribution in [0.5, 0.6) is 0 Å². The fraction of sp³-hybridized carbons (Fsp3) is 0.846. The van der Waals surface area contributed by atoms with E-state index in [1.54, 1.807) is 25.7 Å². The second-order valence-corrected chi connectivity index (χ2v) is 5.75. The minimum atomic E-state index is -0.873. The molecule has 1 aliphatic rings. The Labute approximate surface area is 113 Å². The van der Waals surface area contributed by atoms with Crippen LogP contribution in [0.4, 0.5) is 4.79 Å². The van der Waals surface area contributed by atoms with Crippen LogP contribution in [0.15, 0.2) is 0 Å². The van der Waals surface area contributed by atoms with E-state index in [0.29, 0.717) is 19.6 Å². The molecule has 1 fully saturated rings. The molecule has 1 aliphatic heterocycles. The number of ether oxygens (including phenoxy) is 2. The molecule has 1 N–H and O–H groups in total. The molecule has 0 radical (unpaired) electrons. The zero-order valence-corrected chi connectivity index (χ0v) is 12.0. The average Bonchev–Trinajstić information content (AvgIpc) is 2.24. The molecule has 2 atom stereocenters. The number of aliphatic carboxylic acids is 1. The van der Waals surface area contributed by atoms with Gasteiger partial charge in [0.2, 0.25) is 0 Å². The number of rotatable bonds is 3. The normalized spacial score (nSPS) is 24.1. The molecule has 1 heterocycles. The summed E-state index contributed by atoms with van der Waals surface area (Å²) in [6, 6.07) is -0.250. The maximum atomic E-state index is 12.1. The predicted octanol–water partition coefficient (Wildman–Crippen LogP) is 1.88. The smallest absolute Gasteiger partial charge is 0.410 e. The number of carbonyl (C=O) groups excluding carboxylic acids is 1. The third-order valence-corrected chi connectivity index (χ3v) is 2.94. The first-order valence-corrected chi connectivity index (χ1v) is 6.53. The van der Waals surface area contributed by atoms with E-state index >= 15 is 0 Å². The number of morpholine rings is 1. The maximum absolute atomic E-state index is 12.1. The van der Waals surface area contributed by atoms with Crippen molar-refractivity contribution >= 4 is 12.1 Å². The first-order chi connectivity index (χ1) is 8.70. The Morgan fingerprint density at radius 3 is 2.58 bits per heavy atom. The zero-order chi connectivity index (χ0) is 14.6. The molecule has 0 saturated carbocycles. The molecule has 0 spiro atoms. The van der Waals surface area contributed by atoms with Gasteiger partial charge >= 0.3 is 12.1 Å². The number of hydrogen-bond donors (Lipinski definition) is 1. The fourth-order valence-electron chi connectivity index (χ4n) is 2.08. The Morgan fingerprint density at radius 1 is 1.42 bits per heavy atom. The number of hydrogen-bond acceptors (Lipinski definition) is 4. The Hall–Kier alpha value is -1.30. The fourth-order valence-corrected chi connectivity index (χ4v) is 2.08. The molecule has 6 heteroatoms. The van der Waals surface area contributed by atoms with Gasteiger partial charge in [-0.25, -0.2) is 4.79 Å². The van der Waals surface area contributed by atoms with Crippen molar-refractivity contribution in [3.8, 4) is 0 Å². The molecule has 0 aliphatic carbocycles. The van der Waals surface area contributed by atoms with E-state index in [-0.39, 0.29) is 18.6 Å². The van der Waals surface area contributed by atoms with Crippen molar-refractivity contribution in [2.45, 2.75) is 58.3 Å². The summed E-state index contributed by atoms with van der Waals surface area (Å²) < 4.78 is 10.8. The molecule has 1 rings (SSSR count). The van der Waals surface area contributed by atoms with E-state index in [1.807, 2.05) is 6.92 Å². The molecule has 0 aromatic heterocycles. The Kier molecular flexibility index (Phi) is 5.17. The zero-order valence-electron chi connectivity index (χ0n) is 12.0. The number of carboxylic acid groups (broad SMARTS) is 1. The van der Waals surface area contributed by atoms with Crippen LogP contribution in [0, 0.1) is 0 Å². The summed E-state index contributed by atoms with van der Waals surface area (Å²) >= 11 is 0. The van der Waals surface area contributed by atoms with Crippen LogP contribution in [-0.2, 0) is 14.3 Å². The summed E-state index contributed by atoms with van der Waals surface area (Å²) in [6.45, 7) is 8.15. The van der Waals surface area contributed by atoms with Crippen LogP contribution in [0.1, 0.15) is 40.5 Å². The molecule has 0 aromatic carbocycles. The van der Waals surface area contributed by atoms with E-state index in [0.717, 1.165) is 0 Å². The molecule has 1 amide bonds. The van der Waals surface area contributed by atoms with Crippen molar-refractivity contribution in [2.24, 2.45) is 0 Å². The monoisotopic (exact) mass is 273 g/mol. The number of carboxylic acids is 1. The SMILES string of the molecule is C[C@@H]1OCCN(C(=O)OC(C)(C)C)[C@H]1CCC(=O)O. The topological polar surface area (TPSA) is 76.1 Å². The first-order valence-electron chi connectivity index (χ1n) is 6.53. The summed E-state index contributed by atoms with van der Waals surface area (Å²) in [5.41, 5.74) is -0.560. The van der Waals surface area contributed by atoms with Crippen molar-refractivity contribution < 1.29 is 24.2 Å². The van der Waals surface area contributed by atoms with Gasteiger partial charge in [0.1, 0.15) is 5.60 Å². The lowest BCUT2D eigenvalue weighted by molar-refractivity contribution is -0.138. The summed E-state index contributed by atoms with van der Waals surface area (Å²) in [5, 5.41) is 8.77.